The molecule has 0 spiro atoms. The first-order valence-electron chi connectivity index (χ1n) is 7.06. The van der Waals surface area contributed by atoms with Crippen molar-refractivity contribution in [3.05, 3.63) is 35.4 Å². The van der Waals surface area contributed by atoms with Crippen LogP contribution in [0.4, 0.5) is 8.78 Å². The quantitative estimate of drug-likeness (QED) is 0.861. The van der Waals surface area contributed by atoms with Crippen LogP contribution in [0.2, 0.25) is 0 Å². The summed E-state index contributed by atoms with van der Waals surface area (Å²) >= 11 is 0. The predicted octanol–water partition coefficient (Wildman–Crippen LogP) is 2.43. The minimum atomic E-state index is -3.05. The van der Waals surface area contributed by atoms with Crippen LogP contribution in [0, 0.1) is 17.6 Å². The van der Waals surface area contributed by atoms with E-state index in [9.17, 15) is 22.0 Å². The third-order valence-corrected chi connectivity index (χ3v) is 7.31. The fourth-order valence-corrected chi connectivity index (χ4v) is 6.00. The number of sulfone groups is 1. The van der Waals surface area contributed by atoms with Gasteiger partial charge >= 0.3 is 0 Å². The highest BCUT2D eigenvalue weighted by Crippen LogP contribution is 2.41. The second kappa shape index (κ2) is 5.16. The van der Waals surface area contributed by atoms with E-state index in [2.05, 4.69) is 0 Å². The number of ketones is 1. The van der Waals surface area contributed by atoms with Crippen molar-refractivity contribution in [2.45, 2.75) is 42.6 Å². The van der Waals surface area contributed by atoms with Gasteiger partial charge in [-0.1, -0.05) is 0 Å². The van der Waals surface area contributed by atoms with Crippen LogP contribution in [0.3, 0.4) is 0 Å². The number of rotatable bonds is 3. The van der Waals surface area contributed by atoms with Crippen LogP contribution in [-0.4, -0.2) is 24.7 Å². The molecule has 0 amide bonds. The van der Waals surface area contributed by atoms with Gasteiger partial charge in [-0.3, -0.25) is 4.79 Å². The van der Waals surface area contributed by atoms with E-state index in [-0.39, 0.29) is 18.1 Å². The largest absolute Gasteiger partial charge is 0.299 e. The molecule has 3 rings (SSSR count). The fraction of sp³-hybridized carbons (Fsp3) is 0.533. The Labute approximate surface area is 122 Å². The SMILES string of the molecule is O=C(Cc1cc(F)cc(F)c1)C1CC2CCC(C1)S2(=O)=O. The molecular formula is C15H16F2O3S. The first kappa shape index (κ1) is 14.6. The normalized spacial score (nSPS) is 30.3. The minimum absolute atomic E-state index is 0.0428. The maximum Gasteiger partial charge on any atom is 0.156 e. The zero-order valence-corrected chi connectivity index (χ0v) is 12.2. The Morgan fingerprint density at radius 1 is 1.05 bits per heavy atom. The second-order valence-electron chi connectivity index (χ2n) is 6.00. The summed E-state index contributed by atoms with van der Waals surface area (Å²) in [6.07, 6.45) is 1.93. The minimum Gasteiger partial charge on any atom is -0.299 e. The van der Waals surface area contributed by atoms with Gasteiger partial charge in [-0.25, -0.2) is 17.2 Å². The second-order valence-corrected chi connectivity index (χ2v) is 8.51. The number of benzene rings is 1. The Balaban J connectivity index is 1.72. The van der Waals surface area contributed by atoms with Crippen LogP contribution >= 0.6 is 0 Å². The van der Waals surface area contributed by atoms with E-state index in [4.69, 9.17) is 0 Å². The van der Waals surface area contributed by atoms with E-state index in [1.54, 1.807) is 0 Å². The standard InChI is InChI=1S/C15H16F2O3S/c16-11-3-9(4-12(17)8-11)5-15(18)10-6-13-1-2-14(7-10)21(13,19)20/h3-4,8,10,13-14H,1-2,5-7H2. The molecule has 0 aliphatic carbocycles. The Morgan fingerprint density at radius 2 is 1.57 bits per heavy atom. The van der Waals surface area contributed by atoms with Gasteiger partial charge in [0.25, 0.3) is 0 Å². The van der Waals surface area contributed by atoms with Gasteiger partial charge in [0.15, 0.2) is 9.84 Å². The lowest BCUT2D eigenvalue weighted by Crippen LogP contribution is -2.36. The highest BCUT2D eigenvalue weighted by atomic mass is 32.2. The number of fused-ring (bicyclic) bond motifs is 2. The van der Waals surface area contributed by atoms with Gasteiger partial charge in [-0.05, 0) is 43.4 Å². The predicted molar refractivity (Wildman–Crippen MR) is 73.5 cm³/mol. The molecule has 1 aromatic carbocycles. The summed E-state index contributed by atoms with van der Waals surface area (Å²) in [6, 6.07) is 3.06. The topological polar surface area (TPSA) is 51.2 Å². The van der Waals surface area contributed by atoms with Crippen LogP contribution in [0.5, 0.6) is 0 Å². The summed E-state index contributed by atoms with van der Waals surface area (Å²) < 4.78 is 50.2. The molecule has 2 heterocycles. The van der Waals surface area contributed by atoms with Gasteiger partial charge < -0.3 is 0 Å². The van der Waals surface area contributed by atoms with Gasteiger partial charge in [-0.2, -0.15) is 0 Å². The van der Waals surface area contributed by atoms with Crippen LogP contribution in [-0.2, 0) is 21.1 Å². The van der Waals surface area contributed by atoms with Crippen molar-refractivity contribution in [1.82, 2.24) is 0 Å². The number of hydrogen-bond donors (Lipinski definition) is 0. The Morgan fingerprint density at radius 3 is 2.10 bits per heavy atom. The lowest BCUT2D eigenvalue weighted by atomic mass is 9.91. The van der Waals surface area contributed by atoms with Crippen molar-refractivity contribution >= 4 is 15.6 Å². The first-order chi connectivity index (χ1) is 9.86. The number of carbonyl (C=O) groups excluding carboxylic acids is 1. The molecule has 2 atom stereocenters. The molecule has 114 valence electrons. The van der Waals surface area contributed by atoms with E-state index >= 15 is 0 Å². The maximum absolute atomic E-state index is 13.1. The lowest BCUT2D eigenvalue weighted by molar-refractivity contribution is -0.122. The average molecular weight is 314 g/mol. The molecular weight excluding hydrogens is 298 g/mol. The highest BCUT2D eigenvalue weighted by Gasteiger charge is 2.48. The van der Waals surface area contributed by atoms with Crippen LogP contribution in [0.25, 0.3) is 0 Å². The summed E-state index contributed by atoms with van der Waals surface area (Å²) in [5.74, 6) is -1.84. The van der Waals surface area contributed by atoms with Crippen molar-refractivity contribution in [1.29, 1.82) is 0 Å². The summed E-state index contributed by atoms with van der Waals surface area (Å²) in [7, 11) is -3.05. The molecule has 2 bridgehead atoms. The number of carbonyl (C=O) groups is 1. The van der Waals surface area contributed by atoms with Crippen molar-refractivity contribution in [3.8, 4) is 0 Å². The number of hydrogen-bond acceptors (Lipinski definition) is 3. The smallest absolute Gasteiger partial charge is 0.156 e. The van der Waals surface area contributed by atoms with Crippen LogP contribution in [0.15, 0.2) is 18.2 Å². The molecule has 1 aromatic rings. The maximum atomic E-state index is 13.1. The summed E-state index contributed by atoms with van der Waals surface area (Å²) in [5, 5.41) is -0.816. The molecule has 0 N–H and O–H groups in total. The third-order valence-electron chi connectivity index (χ3n) is 4.59. The Bertz CT molecular complexity index is 644. The van der Waals surface area contributed by atoms with Crippen LogP contribution in [0.1, 0.15) is 31.2 Å². The Hall–Kier alpha value is -1.30. The zero-order valence-electron chi connectivity index (χ0n) is 11.4. The summed E-state index contributed by atoms with van der Waals surface area (Å²) in [5.41, 5.74) is 0.304. The van der Waals surface area contributed by atoms with E-state index in [0.717, 1.165) is 18.2 Å². The molecule has 6 heteroatoms. The van der Waals surface area contributed by atoms with Crippen molar-refractivity contribution < 1.29 is 22.0 Å². The van der Waals surface area contributed by atoms with E-state index < -0.39 is 32.0 Å². The van der Waals surface area contributed by atoms with Gasteiger partial charge in [0.2, 0.25) is 0 Å². The average Bonchev–Trinajstić information content (AvgIpc) is 2.57. The van der Waals surface area contributed by atoms with Crippen LogP contribution < -0.4 is 0 Å². The molecule has 2 aliphatic rings. The van der Waals surface area contributed by atoms with Crippen molar-refractivity contribution in [2.24, 2.45) is 5.92 Å². The van der Waals surface area contributed by atoms with E-state index in [0.29, 0.717) is 31.2 Å². The molecule has 21 heavy (non-hydrogen) atoms. The van der Waals surface area contributed by atoms with Gasteiger partial charge in [0, 0.05) is 18.4 Å². The summed E-state index contributed by atoms with van der Waals surface area (Å²) in [4.78, 5) is 12.3. The molecule has 0 radical (unpaired) electrons. The Kier molecular flexibility index (Phi) is 3.59. The summed E-state index contributed by atoms with van der Waals surface area (Å²) in [6.45, 7) is 0. The van der Waals surface area contributed by atoms with Gasteiger partial charge in [-0.15, -0.1) is 0 Å². The molecule has 0 aromatic heterocycles. The molecule has 3 nitrogen and oxygen atoms in total. The number of halogens is 2. The van der Waals surface area contributed by atoms with Crippen molar-refractivity contribution in [3.63, 3.8) is 0 Å². The molecule has 2 aliphatic heterocycles. The monoisotopic (exact) mass is 314 g/mol. The number of Topliss-reactive ketones (excluding diaryl/α,β-unsaturated/α-hetero) is 1. The third kappa shape index (κ3) is 2.73. The van der Waals surface area contributed by atoms with E-state index in [1.807, 2.05) is 0 Å². The fourth-order valence-electron chi connectivity index (χ4n) is 3.53. The highest BCUT2D eigenvalue weighted by molar-refractivity contribution is 7.93. The van der Waals surface area contributed by atoms with E-state index in [1.165, 1.54) is 0 Å². The van der Waals surface area contributed by atoms with Crippen molar-refractivity contribution in [2.75, 3.05) is 0 Å². The zero-order chi connectivity index (χ0) is 15.2. The molecule has 2 fully saturated rings. The molecule has 2 unspecified atom stereocenters. The van der Waals surface area contributed by atoms with Gasteiger partial charge in [0.1, 0.15) is 17.4 Å². The molecule has 0 saturated carbocycles. The first-order valence-corrected chi connectivity index (χ1v) is 8.67. The molecule has 2 saturated heterocycles. The lowest BCUT2D eigenvalue weighted by Gasteiger charge is -2.27. The van der Waals surface area contributed by atoms with Gasteiger partial charge in [0.05, 0.1) is 10.5 Å².